The molecule has 45 heavy (non-hydrogen) atoms. The smallest absolute Gasteiger partial charge is 0.333 e. The molecule has 8 nitrogen and oxygen atoms in total. The lowest BCUT2D eigenvalue weighted by Gasteiger charge is -2.33. The fourth-order valence-corrected chi connectivity index (χ4v) is 5.59. The Bertz CT molecular complexity index is 1480. The van der Waals surface area contributed by atoms with E-state index in [4.69, 9.17) is 18.9 Å². The Balaban J connectivity index is 1.54. The fraction of sp³-hybridized carbons (Fsp3) is 0.351. The molecule has 3 aromatic rings. The van der Waals surface area contributed by atoms with Crippen molar-refractivity contribution in [2.75, 3.05) is 26.4 Å². The van der Waals surface area contributed by atoms with E-state index in [2.05, 4.69) is 61.7 Å². The minimum absolute atomic E-state index is 0.0245. The molecule has 8 heteroatoms. The summed E-state index contributed by atoms with van der Waals surface area (Å²) >= 11 is 0. The summed E-state index contributed by atoms with van der Waals surface area (Å²) in [4.78, 5) is 23.3. The standard InChI is InChI=1S/C37H42O8/c1-23(2)35(40)44-21-30(38)19-42-33-13-11-28(17-25(33)5)37(16-15-27-9-7-8-10-32(27)37)29-12-14-34(26(6)18-29)43-20-31(39)22-45-36(41)24(3)4/h7-14,17-18,30-31,38-39H,1,3,15-16,19-22H2,2,4-6H3. The second-order valence-electron chi connectivity index (χ2n) is 11.7. The monoisotopic (exact) mass is 614 g/mol. The first-order valence-electron chi connectivity index (χ1n) is 15.0. The molecule has 0 heterocycles. The summed E-state index contributed by atoms with van der Waals surface area (Å²) in [7, 11) is 0. The molecule has 0 spiro atoms. The molecule has 2 atom stereocenters. The van der Waals surface area contributed by atoms with E-state index in [0.717, 1.165) is 35.1 Å². The number of ether oxygens (including phenoxy) is 4. The van der Waals surface area contributed by atoms with Crippen LogP contribution in [0.3, 0.4) is 0 Å². The summed E-state index contributed by atoms with van der Waals surface area (Å²) in [5.74, 6) is 0.173. The summed E-state index contributed by atoms with van der Waals surface area (Å²) in [6, 6.07) is 20.7. The third-order valence-electron chi connectivity index (χ3n) is 7.95. The number of rotatable bonds is 14. The molecular weight excluding hydrogens is 572 g/mol. The molecule has 0 aromatic heterocycles. The second kappa shape index (κ2) is 14.6. The maximum atomic E-state index is 11.6. The summed E-state index contributed by atoms with van der Waals surface area (Å²) < 4.78 is 21.9. The molecule has 238 valence electrons. The van der Waals surface area contributed by atoms with E-state index < -0.39 is 29.6 Å². The lowest BCUT2D eigenvalue weighted by molar-refractivity contribution is -0.143. The number of carbonyl (C=O) groups is 2. The molecule has 0 aliphatic heterocycles. The number of fused-ring (bicyclic) bond motifs is 1. The van der Waals surface area contributed by atoms with Gasteiger partial charge in [0, 0.05) is 16.6 Å². The topological polar surface area (TPSA) is 112 Å². The van der Waals surface area contributed by atoms with Crippen molar-refractivity contribution in [3.63, 3.8) is 0 Å². The van der Waals surface area contributed by atoms with Crippen LogP contribution in [-0.4, -0.2) is 60.8 Å². The van der Waals surface area contributed by atoms with Gasteiger partial charge in [-0.25, -0.2) is 9.59 Å². The van der Waals surface area contributed by atoms with Crippen LogP contribution in [0.1, 0.15) is 53.6 Å². The van der Waals surface area contributed by atoms with Crippen LogP contribution in [0.25, 0.3) is 0 Å². The molecule has 4 rings (SSSR count). The Hall–Kier alpha value is -4.40. The van der Waals surface area contributed by atoms with Crippen molar-refractivity contribution in [1.82, 2.24) is 0 Å². The second-order valence-corrected chi connectivity index (χ2v) is 11.7. The molecule has 1 aliphatic rings. The van der Waals surface area contributed by atoms with Crippen LogP contribution in [0.5, 0.6) is 11.5 Å². The van der Waals surface area contributed by atoms with Gasteiger partial charge in [0.15, 0.2) is 0 Å². The highest BCUT2D eigenvalue weighted by molar-refractivity contribution is 5.87. The number of carbonyl (C=O) groups excluding carboxylic acids is 2. The van der Waals surface area contributed by atoms with E-state index in [0.29, 0.717) is 11.5 Å². The van der Waals surface area contributed by atoms with Crippen LogP contribution in [-0.2, 0) is 30.9 Å². The quantitative estimate of drug-likeness (QED) is 0.186. The first-order valence-corrected chi connectivity index (χ1v) is 15.0. The van der Waals surface area contributed by atoms with Gasteiger partial charge in [-0.2, -0.15) is 0 Å². The third kappa shape index (κ3) is 7.82. The average Bonchev–Trinajstić information content (AvgIpc) is 3.41. The Kier molecular flexibility index (Phi) is 10.9. The van der Waals surface area contributed by atoms with Gasteiger partial charge in [-0.1, -0.05) is 61.7 Å². The van der Waals surface area contributed by atoms with Gasteiger partial charge in [0.2, 0.25) is 0 Å². The molecule has 0 saturated carbocycles. The van der Waals surface area contributed by atoms with E-state index >= 15 is 0 Å². The minimum atomic E-state index is -0.975. The van der Waals surface area contributed by atoms with Crippen LogP contribution in [0.2, 0.25) is 0 Å². The summed E-state index contributed by atoms with van der Waals surface area (Å²) in [6.45, 7) is 13.7. The van der Waals surface area contributed by atoms with Crippen molar-refractivity contribution >= 4 is 11.9 Å². The first kappa shape index (κ1) is 33.5. The number of aryl methyl sites for hydroxylation is 3. The lowest BCUT2D eigenvalue weighted by atomic mass is 9.69. The summed E-state index contributed by atoms with van der Waals surface area (Å²) in [6.07, 6.45) is -0.145. The van der Waals surface area contributed by atoms with E-state index in [9.17, 15) is 19.8 Å². The molecule has 0 radical (unpaired) electrons. The maximum absolute atomic E-state index is 11.6. The van der Waals surface area contributed by atoms with Crippen LogP contribution in [0, 0.1) is 13.8 Å². The zero-order valence-electron chi connectivity index (χ0n) is 26.4. The maximum Gasteiger partial charge on any atom is 0.333 e. The molecule has 3 aromatic carbocycles. The van der Waals surface area contributed by atoms with Crippen molar-refractivity contribution < 1.29 is 38.7 Å². The van der Waals surface area contributed by atoms with E-state index in [1.807, 2.05) is 26.0 Å². The Morgan fingerprint density at radius 1 is 0.756 bits per heavy atom. The van der Waals surface area contributed by atoms with Gasteiger partial charge in [0.1, 0.15) is 50.1 Å². The highest BCUT2D eigenvalue weighted by Gasteiger charge is 2.42. The summed E-state index contributed by atoms with van der Waals surface area (Å²) in [5.41, 5.74) is 6.76. The fourth-order valence-electron chi connectivity index (χ4n) is 5.59. The highest BCUT2D eigenvalue weighted by Crippen LogP contribution is 2.50. The average molecular weight is 615 g/mol. The number of aliphatic hydroxyl groups excluding tert-OH is 2. The molecule has 0 saturated heterocycles. The molecule has 0 bridgehead atoms. The number of aliphatic hydroxyl groups is 2. The SMILES string of the molecule is C=C(C)C(=O)OCC(O)COc1ccc(C2(c3ccc(OCC(O)COC(=O)C(=C)C)c(C)c3)CCc3ccccc32)cc1C. The predicted octanol–water partition coefficient (Wildman–Crippen LogP) is 5.30. The Morgan fingerprint density at radius 3 is 1.67 bits per heavy atom. The normalized spacial score (nSPS) is 16.7. The van der Waals surface area contributed by atoms with Gasteiger partial charge in [0.05, 0.1) is 0 Å². The summed E-state index contributed by atoms with van der Waals surface area (Å²) in [5, 5.41) is 20.5. The van der Waals surface area contributed by atoms with Crippen molar-refractivity contribution in [2.45, 2.75) is 58.2 Å². The zero-order valence-corrected chi connectivity index (χ0v) is 26.4. The zero-order chi connectivity index (χ0) is 32.7. The van der Waals surface area contributed by atoms with Crippen LogP contribution < -0.4 is 9.47 Å². The number of esters is 2. The van der Waals surface area contributed by atoms with Crippen LogP contribution in [0.15, 0.2) is 85.0 Å². The number of hydrogen-bond donors (Lipinski definition) is 2. The molecule has 2 N–H and O–H groups in total. The molecule has 0 amide bonds. The number of hydrogen-bond acceptors (Lipinski definition) is 8. The van der Waals surface area contributed by atoms with Gasteiger partial charge in [-0.05, 0) is 86.1 Å². The van der Waals surface area contributed by atoms with Gasteiger partial charge < -0.3 is 29.2 Å². The van der Waals surface area contributed by atoms with Crippen LogP contribution >= 0.6 is 0 Å². The highest BCUT2D eigenvalue weighted by atomic mass is 16.6. The van der Waals surface area contributed by atoms with E-state index in [-0.39, 0.29) is 37.6 Å². The molecule has 2 unspecified atom stereocenters. The van der Waals surface area contributed by atoms with Gasteiger partial charge in [-0.3, -0.25) is 0 Å². The van der Waals surface area contributed by atoms with Crippen molar-refractivity contribution in [3.05, 3.63) is 118 Å². The van der Waals surface area contributed by atoms with Crippen molar-refractivity contribution in [2.24, 2.45) is 0 Å². The van der Waals surface area contributed by atoms with Crippen LogP contribution in [0.4, 0.5) is 0 Å². The predicted molar refractivity (Wildman–Crippen MR) is 172 cm³/mol. The van der Waals surface area contributed by atoms with E-state index in [1.54, 1.807) is 13.8 Å². The molecule has 0 fully saturated rings. The Morgan fingerprint density at radius 2 is 1.22 bits per heavy atom. The van der Waals surface area contributed by atoms with Gasteiger partial charge in [-0.15, -0.1) is 0 Å². The van der Waals surface area contributed by atoms with Gasteiger partial charge in [0.25, 0.3) is 0 Å². The number of benzene rings is 3. The minimum Gasteiger partial charge on any atom is -0.490 e. The van der Waals surface area contributed by atoms with Gasteiger partial charge >= 0.3 is 11.9 Å². The van der Waals surface area contributed by atoms with E-state index in [1.165, 1.54) is 11.1 Å². The third-order valence-corrected chi connectivity index (χ3v) is 7.95. The van der Waals surface area contributed by atoms with Crippen molar-refractivity contribution in [1.29, 1.82) is 0 Å². The van der Waals surface area contributed by atoms with Crippen molar-refractivity contribution in [3.8, 4) is 11.5 Å². The molecule has 1 aliphatic carbocycles. The molecular formula is C37H42O8. The Labute approximate surface area is 264 Å². The lowest BCUT2D eigenvalue weighted by Crippen LogP contribution is -2.27. The largest absolute Gasteiger partial charge is 0.490 e. The first-order chi connectivity index (χ1) is 21.4.